The Hall–Kier alpha value is -2.58. The summed E-state index contributed by atoms with van der Waals surface area (Å²) in [5.41, 5.74) is 2.23. The van der Waals surface area contributed by atoms with E-state index in [1.807, 2.05) is 21.6 Å². The van der Waals surface area contributed by atoms with Crippen LogP contribution in [0.3, 0.4) is 0 Å². The van der Waals surface area contributed by atoms with Crippen molar-refractivity contribution in [3.05, 3.63) is 46.9 Å². The van der Waals surface area contributed by atoms with Crippen molar-refractivity contribution in [1.82, 2.24) is 24.3 Å². The number of rotatable bonds is 5. The van der Waals surface area contributed by atoms with E-state index in [1.54, 1.807) is 12.4 Å². The summed E-state index contributed by atoms with van der Waals surface area (Å²) in [6, 6.07) is 3.61. The number of piperidine rings is 1. The molecule has 8 heteroatoms. The zero-order chi connectivity index (χ0) is 22.5. The van der Waals surface area contributed by atoms with Gasteiger partial charge in [-0.2, -0.15) is 0 Å². The molecule has 3 aliphatic heterocycles. The van der Waals surface area contributed by atoms with Gasteiger partial charge in [0.15, 0.2) is 0 Å². The van der Waals surface area contributed by atoms with Gasteiger partial charge in [-0.3, -0.25) is 14.5 Å². The molecule has 3 fully saturated rings. The maximum atomic E-state index is 13.7. The minimum absolute atomic E-state index is 0.00439. The zero-order valence-electron chi connectivity index (χ0n) is 18.8. The summed E-state index contributed by atoms with van der Waals surface area (Å²) in [6.45, 7) is 3.01. The highest BCUT2D eigenvalue weighted by Crippen LogP contribution is 2.51. The second-order valence-electron chi connectivity index (χ2n) is 10.1. The summed E-state index contributed by atoms with van der Waals surface area (Å²) in [4.78, 5) is 39.7. The SMILES string of the molecule is O=C([C@@H]1[C@@H](CO)[C@@H]2Cn3c(ccc(-c4cncnc4)c3=O)[C@@H]2N1CC1CC1)N1CCCCC1. The number of nitrogens with zero attached hydrogens (tertiary/aromatic N) is 5. The molecule has 4 aliphatic rings. The lowest BCUT2D eigenvalue weighted by Crippen LogP contribution is -2.51. The molecule has 1 N–H and O–H groups in total. The van der Waals surface area contributed by atoms with Crippen LogP contribution in [0.15, 0.2) is 35.6 Å². The van der Waals surface area contributed by atoms with Gasteiger partial charge in [0.2, 0.25) is 5.91 Å². The molecule has 6 rings (SSSR count). The minimum Gasteiger partial charge on any atom is -0.396 e. The van der Waals surface area contributed by atoms with Crippen LogP contribution >= 0.6 is 0 Å². The quantitative estimate of drug-likeness (QED) is 0.747. The molecular formula is C25H31N5O3. The van der Waals surface area contributed by atoms with Crippen LogP contribution in [0.1, 0.15) is 43.8 Å². The number of aromatic nitrogens is 3. The first-order valence-electron chi connectivity index (χ1n) is 12.3. The Labute approximate surface area is 193 Å². The summed E-state index contributed by atoms with van der Waals surface area (Å²) in [7, 11) is 0. The highest BCUT2D eigenvalue weighted by Gasteiger charge is 2.56. The van der Waals surface area contributed by atoms with Gasteiger partial charge in [-0.1, -0.05) is 0 Å². The fraction of sp³-hybridized carbons (Fsp3) is 0.600. The second-order valence-corrected chi connectivity index (χ2v) is 10.1. The van der Waals surface area contributed by atoms with Crippen LogP contribution in [0.5, 0.6) is 0 Å². The van der Waals surface area contributed by atoms with E-state index in [2.05, 4.69) is 14.9 Å². The number of fused-ring (bicyclic) bond motifs is 3. The van der Waals surface area contributed by atoms with Crippen LogP contribution in [-0.2, 0) is 11.3 Å². The van der Waals surface area contributed by atoms with Crippen molar-refractivity contribution in [3.8, 4) is 11.1 Å². The van der Waals surface area contributed by atoms with Gasteiger partial charge < -0.3 is 14.6 Å². The van der Waals surface area contributed by atoms with E-state index in [0.29, 0.717) is 23.6 Å². The molecule has 0 bridgehead atoms. The molecule has 33 heavy (non-hydrogen) atoms. The van der Waals surface area contributed by atoms with E-state index < -0.39 is 0 Å². The third-order valence-corrected chi connectivity index (χ3v) is 8.15. The van der Waals surface area contributed by atoms with Gasteiger partial charge in [0.25, 0.3) is 5.56 Å². The van der Waals surface area contributed by atoms with Crippen molar-refractivity contribution in [3.63, 3.8) is 0 Å². The highest BCUT2D eigenvalue weighted by molar-refractivity contribution is 5.83. The van der Waals surface area contributed by atoms with Crippen molar-refractivity contribution in [1.29, 1.82) is 0 Å². The molecule has 2 saturated heterocycles. The van der Waals surface area contributed by atoms with Crippen molar-refractivity contribution < 1.29 is 9.90 Å². The second kappa shape index (κ2) is 8.33. The molecule has 1 amide bonds. The van der Waals surface area contributed by atoms with Crippen LogP contribution in [0, 0.1) is 17.8 Å². The van der Waals surface area contributed by atoms with E-state index in [9.17, 15) is 14.7 Å². The smallest absolute Gasteiger partial charge is 0.258 e. The third kappa shape index (κ3) is 3.51. The summed E-state index contributed by atoms with van der Waals surface area (Å²) in [5.74, 6) is 0.686. The average molecular weight is 450 g/mol. The van der Waals surface area contributed by atoms with Crippen LogP contribution in [0.4, 0.5) is 0 Å². The number of likely N-dealkylation sites (tertiary alicyclic amines) is 2. The first-order chi connectivity index (χ1) is 16.2. The summed E-state index contributed by atoms with van der Waals surface area (Å²) >= 11 is 0. The molecule has 1 aliphatic carbocycles. The first-order valence-corrected chi connectivity index (χ1v) is 12.3. The zero-order valence-corrected chi connectivity index (χ0v) is 18.8. The monoisotopic (exact) mass is 449 g/mol. The number of hydrogen-bond donors (Lipinski definition) is 1. The van der Waals surface area contributed by atoms with Gasteiger partial charge in [0.05, 0.1) is 17.6 Å². The van der Waals surface area contributed by atoms with Crippen LogP contribution in [0.25, 0.3) is 11.1 Å². The van der Waals surface area contributed by atoms with Gasteiger partial charge in [-0.25, -0.2) is 9.97 Å². The Morgan fingerprint density at radius 2 is 1.85 bits per heavy atom. The predicted molar refractivity (Wildman–Crippen MR) is 122 cm³/mol. The Kier molecular flexibility index (Phi) is 5.30. The number of aliphatic hydroxyl groups is 1. The van der Waals surface area contributed by atoms with E-state index >= 15 is 0 Å². The number of hydrogen-bond acceptors (Lipinski definition) is 6. The molecule has 0 radical (unpaired) electrons. The Morgan fingerprint density at radius 3 is 2.55 bits per heavy atom. The van der Waals surface area contributed by atoms with Crippen molar-refractivity contribution in [2.45, 2.75) is 50.7 Å². The standard InChI is InChI=1S/C25H31N5O3/c31-14-20-19-13-29-21(7-6-18(24(29)32)17-10-26-15-27-11-17)22(19)30(12-16-4-5-16)23(20)25(33)28-8-2-1-3-9-28/h6-7,10-11,15-16,19-20,22-23,31H,1-5,8-9,12-14H2/t19-,20-,22+,23-/m0/s1. The molecular weight excluding hydrogens is 418 g/mol. The van der Waals surface area contributed by atoms with Crippen LogP contribution in [-0.4, -0.2) is 67.6 Å². The maximum Gasteiger partial charge on any atom is 0.258 e. The highest BCUT2D eigenvalue weighted by atomic mass is 16.3. The number of carbonyl (C=O) groups excluding carboxylic acids is 1. The van der Waals surface area contributed by atoms with E-state index in [1.165, 1.54) is 25.6 Å². The van der Waals surface area contributed by atoms with Gasteiger partial charge in [0, 0.05) is 68.3 Å². The average Bonchev–Trinajstić information content (AvgIpc) is 3.52. The Balaban J connectivity index is 1.38. The molecule has 2 aromatic heterocycles. The summed E-state index contributed by atoms with van der Waals surface area (Å²) in [6.07, 6.45) is 10.5. The molecule has 0 spiro atoms. The molecule has 2 aromatic rings. The third-order valence-electron chi connectivity index (χ3n) is 8.15. The number of amides is 1. The van der Waals surface area contributed by atoms with E-state index in [0.717, 1.165) is 38.2 Å². The lowest BCUT2D eigenvalue weighted by molar-refractivity contribution is -0.139. The molecule has 4 atom stereocenters. The van der Waals surface area contributed by atoms with Crippen LogP contribution < -0.4 is 5.56 Å². The lowest BCUT2D eigenvalue weighted by Gasteiger charge is -2.36. The Bertz CT molecular complexity index is 1090. The summed E-state index contributed by atoms with van der Waals surface area (Å²) < 4.78 is 1.86. The minimum atomic E-state index is -0.297. The fourth-order valence-corrected chi connectivity index (χ4v) is 6.35. The molecule has 174 valence electrons. The van der Waals surface area contributed by atoms with Gasteiger partial charge in [0.1, 0.15) is 6.33 Å². The molecule has 0 unspecified atom stereocenters. The number of carbonyl (C=O) groups is 1. The van der Waals surface area contributed by atoms with Crippen LogP contribution in [0.2, 0.25) is 0 Å². The predicted octanol–water partition coefficient (Wildman–Crippen LogP) is 1.69. The van der Waals surface area contributed by atoms with Crippen molar-refractivity contribution in [2.24, 2.45) is 17.8 Å². The molecule has 1 saturated carbocycles. The normalized spacial score (nSPS) is 29.2. The number of aliphatic hydroxyl groups excluding tert-OH is 1. The van der Waals surface area contributed by atoms with Gasteiger partial charge in [-0.15, -0.1) is 0 Å². The van der Waals surface area contributed by atoms with E-state index in [4.69, 9.17) is 0 Å². The molecule has 5 heterocycles. The summed E-state index contributed by atoms with van der Waals surface area (Å²) in [5, 5.41) is 10.5. The number of pyridine rings is 1. The largest absolute Gasteiger partial charge is 0.396 e. The first kappa shape index (κ1) is 21.0. The van der Waals surface area contributed by atoms with Crippen molar-refractivity contribution >= 4 is 5.91 Å². The van der Waals surface area contributed by atoms with Gasteiger partial charge in [-0.05, 0) is 50.2 Å². The molecule has 8 nitrogen and oxygen atoms in total. The lowest BCUT2D eigenvalue weighted by atomic mass is 9.88. The van der Waals surface area contributed by atoms with Crippen molar-refractivity contribution in [2.75, 3.05) is 26.2 Å². The van der Waals surface area contributed by atoms with E-state index in [-0.39, 0.29) is 42.0 Å². The molecule has 0 aromatic carbocycles. The Morgan fingerprint density at radius 1 is 1.09 bits per heavy atom. The maximum absolute atomic E-state index is 13.7. The van der Waals surface area contributed by atoms with Gasteiger partial charge >= 0.3 is 0 Å². The fourth-order valence-electron chi connectivity index (χ4n) is 6.35. The topological polar surface area (TPSA) is 91.6 Å².